The summed E-state index contributed by atoms with van der Waals surface area (Å²) >= 11 is 1.43. The Morgan fingerprint density at radius 1 is 1.22 bits per heavy atom. The first-order chi connectivity index (χ1) is 17.7. The van der Waals surface area contributed by atoms with Gasteiger partial charge in [-0.15, -0.1) is 11.3 Å². The van der Waals surface area contributed by atoms with Gasteiger partial charge in [-0.2, -0.15) is 10.2 Å². The topological polar surface area (TPSA) is 123 Å². The van der Waals surface area contributed by atoms with Gasteiger partial charge in [-0.05, 0) is 46.2 Å². The standard InChI is InChI=1S/C26H32N8O2S/c1-15(2)33-8-6-5-7-19(33)10-22(35)31-18-9-20(16(3)28-12-18)23-24(17-11-29-32(4)14-17)37-26-21(25(27)36)13-30-34(23)26/h9,11-15,19H,5-8,10H2,1-4H3,(H2,27,36)(H,31,35). The van der Waals surface area contributed by atoms with E-state index in [9.17, 15) is 9.59 Å². The second-order valence-electron chi connectivity index (χ2n) is 9.91. The molecule has 194 valence electrons. The first kappa shape index (κ1) is 25.1. The third-order valence-corrected chi connectivity index (χ3v) is 8.19. The van der Waals surface area contributed by atoms with Gasteiger partial charge in [0.25, 0.3) is 5.91 Å². The van der Waals surface area contributed by atoms with Crippen LogP contribution in [0.1, 0.15) is 55.6 Å². The van der Waals surface area contributed by atoms with Crippen LogP contribution in [0.5, 0.6) is 0 Å². The number of pyridine rings is 1. The summed E-state index contributed by atoms with van der Waals surface area (Å²) in [5.74, 6) is -0.554. The zero-order valence-electron chi connectivity index (χ0n) is 21.6. The van der Waals surface area contributed by atoms with E-state index in [4.69, 9.17) is 5.73 Å². The lowest BCUT2D eigenvalue weighted by molar-refractivity contribution is -0.117. The van der Waals surface area contributed by atoms with Crippen LogP contribution in [0.25, 0.3) is 26.5 Å². The number of anilines is 1. The van der Waals surface area contributed by atoms with Crippen molar-refractivity contribution in [3.63, 3.8) is 0 Å². The van der Waals surface area contributed by atoms with E-state index in [1.165, 1.54) is 24.0 Å². The van der Waals surface area contributed by atoms with Crippen LogP contribution in [0.3, 0.4) is 0 Å². The van der Waals surface area contributed by atoms with Crippen molar-refractivity contribution in [2.45, 2.75) is 58.5 Å². The number of fused-ring (bicyclic) bond motifs is 1. The predicted molar refractivity (Wildman–Crippen MR) is 144 cm³/mol. The van der Waals surface area contributed by atoms with E-state index in [1.54, 1.807) is 21.6 Å². The Labute approximate surface area is 219 Å². The minimum Gasteiger partial charge on any atom is -0.365 e. The number of likely N-dealkylation sites (tertiary alicyclic amines) is 1. The van der Waals surface area contributed by atoms with Crippen molar-refractivity contribution in [1.29, 1.82) is 0 Å². The average Bonchev–Trinajstić information content (AvgIpc) is 3.55. The summed E-state index contributed by atoms with van der Waals surface area (Å²) in [5, 5.41) is 11.9. The van der Waals surface area contributed by atoms with Crippen molar-refractivity contribution in [1.82, 2.24) is 29.3 Å². The minimum atomic E-state index is -0.533. The van der Waals surface area contributed by atoms with Gasteiger partial charge in [0.1, 0.15) is 4.83 Å². The molecule has 5 heterocycles. The van der Waals surface area contributed by atoms with Crippen LogP contribution < -0.4 is 11.1 Å². The number of nitrogens with zero attached hydrogens (tertiary/aromatic N) is 6. The number of nitrogens with two attached hydrogens (primary N) is 1. The fourth-order valence-corrected chi connectivity index (χ4v) is 6.36. The van der Waals surface area contributed by atoms with Gasteiger partial charge in [-0.25, -0.2) is 4.52 Å². The van der Waals surface area contributed by atoms with E-state index in [0.29, 0.717) is 28.5 Å². The Bertz CT molecular complexity index is 1470. The molecule has 2 amide bonds. The highest BCUT2D eigenvalue weighted by Crippen LogP contribution is 2.41. The van der Waals surface area contributed by atoms with Gasteiger partial charge in [0, 0.05) is 48.6 Å². The van der Waals surface area contributed by atoms with Crippen molar-refractivity contribution >= 4 is 33.7 Å². The number of primary amides is 1. The minimum absolute atomic E-state index is 0.0211. The zero-order chi connectivity index (χ0) is 26.3. The molecule has 1 unspecified atom stereocenters. The number of hydrogen-bond donors (Lipinski definition) is 2. The van der Waals surface area contributed by atoms with Gasteiger partial charge in [0.05, 0.1) is 40.4 Å². The van der Waals surface area contributed by atoms with E-state index in [0.717, 1.165) is 46.8 Å². The SMILES string of the molecule is Cc1ncc(NC(=O)CC2CCCCN2C(C)C)cc1-c1c(-c2cnn(C)c2)sc2c(C(N)=O)cnn12. The van der Waals surface area contributed by atoms with Gasteiger partial charge in [-0.3, -0.25) is 24.2 Å². The first-order valence-electron chi connectivity index (χ1n) is 12.5. The average molecular weight is 521 g/mol. The summed E-state index contributed by atoms with van der Waals surface area (Å²) in [4.78, 5) is 33.7. The summed E-state index contributed by atoms with van der Waals surface area (Å²) < 4.78 is 3.45. The molecule has 0 spiro atoms. The number of carbonyl (C=O) groups excluding carboxylic acids is 2. The lowest BCUT2D eigenvalue weighted by atomic mass is 9.97. The van der Waals surface area contributed by atoms with Crippen molar-refractivity contribution in [3.05, 3.63) is 42.1 Å². The summed E-state index contributed by atoms with van der Waals surface area (Å²) in [6.07, 6.45) is 10.7. The van der Waals surface area contributed by atoms with Gasteiger partial charge >= 0.3 is 0 Å². The second-order valence-corrected chi connectivity index (χ2v) is 10.9. The van der Waals surface area contributed by atoms with Gasteiger partial charge in [0.2, 0.25) is 5.91 Å². The number of thiazole rings is 1. The fraction of sp³-hybridized carbons (Fsp3) is 0.423. The normalized spacial score (nSPS) is 16.5. The molecule has 10 nitrogen and oxygen atoms in total. The van der Waals surface area contributed by atoms with E-state index >= 15 is 0 Å². The molecule has 5 rings (SSSR count). The number of carbonyl (C=O) groups is 2. The molecule has 4 aromatic rings. The molecule has 0 saturated carbocycles. The molecular weight excluding hydrogens is 488 g/mol. The largest absolute Gasteiger partial charge is 0.365 e. The summed E-state index contributed by atoms with van der Waals surface area (Å²) in [7, 11) is 1.85. The van der Waals surface area contributed by atoms with Crippen LogP contribution in [-0.2, 0) is 11.8 Å². The van der Waals surface area contributed by atoms with E-state index < -0.39 is 5.91 Å². The highest BCUT2D eigenvalue weighted by atomic mass is 32.1. The fourth-order valence-electron chi connectivity index (χ4n) is 5.16. The highest BCUT2D eigenvalue weighted by molar-refractivity contribution is 7.21. The zero-order valence-corrected chi connectivity index (χ0v) is 22.4. The molecule has 1 fully saturated rings. The smallest absolute Gasteiger partial charge is 0.253 e. The molecule has 0 aromatic carbocycles. The molecule has 1 aliphatic rings. The second kappa shape index (κ2) is 10.1. The van der Waals surface area contributed by atoms with Crippen LogP contribution in [0.4, 0.5) is 5.69 Å². The number of amides is 2. The van der Waals surface area contributed by atoms with Crippen LogP contribution in [0.2, 0.25) is 0 Å². The maximum Gasteiger partial charge on any atom is 0.253 e. The quantitative estimate of drug-likeness (QED) is 0.381. The lowest BCUT2D eigenvalue weighted by Crippen LogP contribution is -2.45. The molecule has 0 bridgehead atoms. The number of rotatable bonds is 7. The van der Waals surface area contributed by atoms with Crippen molar-refractivity contribution < 1.29 is 9.59 Å². The van der Waals surface area contributed by atoms with Gasteiger partial charge in [0.15, 0.2) is 0 Å². The highest BCUT2D eigenvalue weighted by Gasteiger charge is 2.27. The predicted octanol–water partition coefficient (Wildman–Crippen LogP) is 3.86. The van der Waals surface area contributed by atoms with Crippen LogP contribution >= 0.6 is 11.3 Å². The molecule has 3 N–H and O–H groups in total. The number of piperidine rings is 1. The third-order valence-electron chi connectivity index (χ3n) is 6.97. The first-order valence-corrected chi connectivity index (χ1v) is 13.4. The number of hydrogen-bond acceptors (Lipinski definition) is 7. The number of nitrogens with one attached hydrogen (secondary N) is 1. The number of aryl methyl sites for hydroxylation is 2. The Kier molecular flexibility index (Phi) is 6.82. The maximum absolute atomic E-state index is 13.1. The van der Waals surface area contributed by atoms with Crippen molar-refractivity contribution in [3.8, 4) is 21.7 Å². The molecule has 1 saturated heterocycles. The molecule has 0 radical (unpaired) electrons. The van der Waals surface area contributed by atoms with Crippen LogP contribution in [0, 0.1) is 6.92 Å². The van der Waals surface area contributed by atoms with Gasteiger partial charge < -0.3 is 11.1 Å². The summed E-state index contributed by atoms with van der Waals surface area (Å²) in [6, 6.07) is 2.59. The van der Waals surface area contributed by atoms with Crippen molar-refractivity contribution in [2.24, 2.45) is 12.8 Å². The Balaban J connectivity index is 1.50. The Morgan fingerprint density at radius 3 is 2.73 bits per heavy atom. The summed E-state index contributed by atoms with van der Waals surface area (Å²) in [5.41, 5.74) is 9.85. The molecule has 1 aliphatic heterocycles. The molecule has 0 aliphatic carbocycles. The lowest BCUT2D eigenvalue weighted by Gasteiger charge is -2.38. The summed E-state index contributed by atoms with van der Waals surface area (Å²) in [6.45, 7) is 7.33. The molecule has 1 atom stereocenters. The van der Waals surface area contributed by atoms with E-state index in [2.05, 4.69) is 39.2 Å². The van der Waals surface area contributed by atoms with E-state index in [1.807, 2.05) is 26.2 Å². The third kappa shape index (κ3) is 4.88. The molecule has 37 heavy (non-hydrogen) atoms. The molecule has 4 aromatic heterocycles. The Morgan fingerprint density at radius 2 is 2.03 bits per heavy atom. The van der Waals surface area contributed by atoms with Crippen LogP contribution in [-0.4, -0.2) is 59.7 Å². The van der Waals surface area contributed by atoms with Gasteiger partial charge in [-0.1, -0.05) is 6.42 Å². The van der Waals surface area contributed by atoms with E-state index in [-0.39, 0.29) is 11.9 Å². The molecular formula is C26H32N8O2S. The number of aromatic nitrogens is 5. The Hall–Kier alpha value is -3.57. The monoisotopic (exact) mass is 520 g/mol. The molecule has 11 heteroatoms. The van der Waals surface area contributed by atoms with Crippen LogP contribution in [0.15, 0.2) is 30.9 Å². The maximum atomic E-state index is 13.1. The van der Waals surface area contributed by atoms with Crippen molar-refractivity contribution in [2.75, 3.05) is 11.9 Å².